The molecule has 156 valence electrons. The zero-order valence-corrected chi connectivity index (χ0v) is 18.5. The summed E-state index contributed by atoms with van der Waals surface area (Å²) >= 11 is 7.49. The van der Waals surface area contributed by atoms with Crippen LogP contribution in [0.2, 0.25) is 5.02 Å². The fourth-order valence-corrected chi connectivity index (χ4v) is 4.78. The summed E-state index contributed by atoms with van der Waals surface area (Å²) in [6.45, 7) is 5.85. The minimum absolute atomic E-state index is 0.0711. The molecule has 2 unspecified atom stereocenters. The average Bonchev–Trinajstić information content (AvgIpc) is 3.16. The molecule has 7 nitrogen and oxygen atoms in total. The molecule has 9 heteroatoms. The third kappa shape index (κ3) is 4.65. The lowest BCUT2D eigenvalue weighted by Gasteiger charge is -2.34. The Morgan fingerprint density at radius 3 is 2.47 bits per heavy atom. The molecule has 1 saturated heterocycles. The lowest BCUT2D eigenvalue weighted by atomic mass is 9.91. The van der Waals surface area contributed by atoms with Gasteiger partial charge < -0.3 is 4.90 Å². The summed E-state index contributed by atoms with van der Waals surface area (Å²) in [6.07, 6.45) is 4.54. The van der Waals surface area contributed by atoms with Crippen molar-refractivity contribution in [1.29, 1.82) is 0 Å². The molecule has 0 spiro atoms. The molecule has 1 aliphatic rings. The maximum atomic E-state index is 13.4. The number of nitrogens with zero attached hydrogens (tertiary/aromatic N) is 6. The molecular weight excluding hydrogens is 420 g/mol. The number of halogens is 1. The predicted octanol–water partition coefficient (Wildman–Crippen LogP) is 4.12. The summed E-state index contributed by atoms with van der Waals surface area (Å²) in [5.41, 5.74) is 1.91. The van der Waals surface area contributed by atoms with E-state index in [4.69, 9.17) is 11.6 Å². The number of rotatable bonds is 5. The number of benzene rings is 1. The van der Waals surface area contributed by atoms with Crippen LogP contribution in [0.15, 0.2) is 47.9 Å². The number of thioether (sulfide) groups is 1. The first kappa shape index (κ1) is 20.8. The molecule has 1 aromatic carbocycles. The second-order valence-electron chi connectivity index (χ2n) is 7.75. The standard InChI is InChI=1S/C21H23ClN6OS/c1-14-10-15(2)12-27(11-14)20(29)19-18(13-30-21-23-8-3-9-24-21)28(26-25-19)17-6-4-16(22)5-7-17/h3-9,14-15H,10-13H2,1-2H3. The maximum absolute atomic E-state index is 13.4. The van der Waals surface area contributed by atoms with Gasteiger partial charge in [-0.1, -0.05) is 42.4 Å². The Morgan fingerprint density at radius 2 is 1.80 bits per heavy atom. The average molecular weight is 443 g/mol. The van der Waals surface area contributed by atoms with Crippen molar-refractivity contribution in [3.8, 4) is 5.69 Å². The van der Waals surface area contributed by atoms with Crippen LogP contribution in [0, 0.1) is 11.8 Å². The Labute approximate surface area is 184 Å². The Balaban J connectivity index is 1.67. The van der Waals surface area contributed by atoms with E-state index in [1.807, 2.05) is 17.0 Å². The van der Waals surface area contributed by atoms with E-state index in [0.717, 1.165) is 30.9 Å². The van der Waals surface area contributed by atoms with E-state index in [1.165, 1.54) is 11.8 Å². The first-order valence-corrected chi connectivity index (χ1v) is 11.3. The third-order valence-electron chi connectivity index (χ3n) is 5.07. The van der Waals surface area contributed by atoms with Gasteiger partial charge in [-0.2, -0.15) is 0 Å². The van der Waals surface area contributed by atoms with Crippen LogP contribution in [0.1, 0.15) is 36.5 Å². The molecule has 1 fully saturated rings. The fourth-order valence-electron chi connectivity index (χ4n) is 3.86. The van der Waals surface area contributed by atoms with Gasteiger partial charge in [-0.15, -0.1) is 5.10 Å². The van der Waals surface area contributed by atoms with Gasteiger partial charge in [0, 0.05) is 36.3 Å². The zero-order valence-electron chi connectivity index (χ0n) is 16.9. The van der Waals surface area contributed by atoms with Crippen LogP contribution in [0.5, 0.6) is 0 Å². The number of likely N-dealkylation sites (tertiary alicyclic amines) is 1. The first-order valence-electron chi connectivity index (χ1n) is 9.91. The van der Waals surface area contributed by atoms with Crippen LogP contribution in [0.3, 0.4) is 0 Å². The molecular formula is C21H23ClN6OS. The lowest BCUT2D eigenvalue weighted by Crippen LogP contribution is -2.43. The van der Waals surface area contributed by atoms with E-state index in [0.29, 0.717) is 33.5 Å². The first-order chi connectivity index (χ1) is 14.5. The molecule has 2 atom stereocenters. The number of aromatic nitrogens is 5. The third-order valence-corrected chi connectivity index (χ3v) is 6.21. The Morgan fingerprint density at radius 1 is 1.13 bits per heavy atom. The molecule has 2 aromatic heterocycles. The molecule has 0 radical (unpaired) electrons. The molecule has 3 aromatic rings. The maximum Gasteiger partial charge on any atom is 0.276 e. The molecule has 0 aliphatic carbocycles. The van der Waals surface area contributed by atoms with Gasteiger partial charge >= 0.3 is 0 Å². The highest BCUT2D eigenvalue weighted by atomic mass is 35.5. The summed E-state index contributed by atoms with van der Waals surface area (Å²) in [5.74, 6) is 1.34. The van der Waals surface area contributed by atoms with Gasteiger partial charge in [0.1, 0.15) is 0 Å². The number of amides is 1. The van der Waals surface area contributed by atoms with Crippen LogP contribution in [-0.4, -0.2) is 48.9 Å². The van der Waals surface area contributed by atoms with Gasteiger partial charge in [-0.25, -0.2) is 14.6 Å². The smallest absolute Gasteiger partial charge is 0.276 e. The van der Waals surface area contributed by atoms with Crippen molar-refractivity contribution in [3.05, 3.63) is 59.1 Å². The highest BCUT2D eigenvalue weighted by molar-refractivity contribution is 7.98. The number of carbonyl (C=O) groups is 1. The predicted molar refractivity (Wildman–Crippen MR) is 117 cm³/mol. The van der Waals surface area contributed by atoms with E-state index in [9.17, 15) is 4.79 Å². The minimum Gasteiger partial charge on any atom is -0.337 e. The van der Waals surface area contributed by atoms with Gasteiger partial charge in [0.25, 0.3) is 5.91 Å². The highest BCUT2D eigenvalue weighted by Crippen LogP contribution is 2.27. The molecule has 0 N–H and O–H groups in total. The second-order valence-corrected chi connectivity index (χ2v) is 9.13. The van der Waals surface area contributed by atoms with Crippen LogP contribution < -0.4 is 0 Å². The topological polar surface area (TPSA) is 76.8 Å². The molecule has 30 heavy (non-hydrogen) atoms. The quantitative estimate of drug-likeness (QED) is 0.437. The van der Waals surface area contributed by atoms with E-state index in [2.05, 4.69) is 34.1 Å². The number of hydrogen-bond donors (Lipinski definition) is 0. The minimum atomic E-state index is -0.0711. The van der Waals surface area contributed by atoms with E-state index in [-0.39, 0.29) is 5.91 Å². The summed E-state index contributed by atoms with van der Waals surface area (Å²) in [5, 5.41) is 9.87. The highest BCUT2D eigenvalue weighted by Gasteiger charge is 2.30. The lowest BCUT2D eigenvalue weighted by molar-refractivity contribution is 0.0616. The van der Waals surface area contributed by atoms with Gasteiger partial charge in [0.15, 0.2) is 10.9 Å². The normalized spacial score (nSPS) is 19.1. The van der Waals surface area contributed by atoms with Gasteiger partial charge in [0.2, 0.25) is 0 Å². The van der Waals surface area contributed by atoms with Crippen molar-refractivity contribution < 1.29 is 4.79 Å². The van der Waals surface area contributed by atoms with Gasteiger partial charge in [-0.3, -0.25) is 4.79 Å². The number of carbonyl (C=O) groups excluding carboxylic acids is 1. The van der Waals surface area contributed by atoms with Crippen molar-refractivity contribution in [2.24, 2.45) is 11.8 Å². The van der Waals surface area contributed by atoms with E-state index >= 15 is 0 Å². The Hall–Kier alpha value is -2.45. The molecule has 1 aliphatic heterocycles. The summed E-state index contributed by atoms with van der Waals surface area (Å²) in [6, 6.07) is 9.10. The summed E-state index contributed by atoms with van der Waals surface area (Å²) in [4.78, 5) is 23.8. The molecule has 4 rings (SSSR count). The van der Waals surface area contributed by atoms with E-state index in [1.54, 1.807) is 35.3 Å². The Kier molecular flexibility index (Phi) is 6.34. The monoisotopic (exact) mass is 442 g/mol. The summed E-state index contributed by atoms with van der Waals surface area (Å²) < 4.78 is 1.70. The molecule has 0 bridgehead atoms. The van der Waals surface area contributed by atoms with Crippen LogP contribution in [0.25, 0.3) is 5.69 Å². The van der Waals surface area contributed by atoms with Gasteiger partial charge in [0.05, 0.1) is 11.4 Å². The van der Waals surface area contributed by atoms with E-state index < -0.39 is 0 Å². The number of piperidine rings is 1. The van der Waals surface area contributed by atoms with Crippen LogP contribution in [0.4, 0.5) is 0 Å². The van der Waals surface area contributed by atoms with Crippen LogP contribution >= 0.6 is 23.4 Å². The fraction of sp³-hybridized carbons (Fsp3) is 0.381. The van der Waals surface area contributed by atoms with Crippen molar-refractivity contribution in [2.45, 2.75) is 31.2 Å². The van der Waals surface area contributed by atoms with Crippen LogP contribution in [-0.2, 0) is 5.75 Å². The van der Waals surface area contributed by atoms with Crippen molar-refractivity contribution in [2.75, 3.05) is 13.1 Å². The van der Waals surface area contributed by atoms with Gasteiger partial charge in [-0.05, 0) is 48.6 Å². The molecule has 0 saturated carbocycles. The molecule has 1 amide bonds. The Bertz CT molecular complexity index is 1000. The number of hydrogen-bond acceptors (Lipinski definition) is 6. The SMILES string of the molecule is CC1CC(C)CN(C(=O)c2nnn(-c3ccc(Cl)cc3)c2CSc2ncccn2)C1. The second kappa shape index (κ2) is 9.14. The summed E-state index contributed by atoms with van der Waals surface area (Å²) in [7, 11) is 0. The van der Waals surface area contributed by atoms with Crippen molar-refractivity contribution >= 4 is 29.3 Å². The van der Waals surface area contributed by atoms with Crippen molar-refractivity contribution in [3.63, 3.8) is 0 Å². The molecule has 3 heterocycles. The zero-order chi connectivity index (χ0) is 21.1. The van der Waals surface area contributed by atoms with Crippen molar-refractivity contribution in [1.82, 2.24) is 29.9 Å². The largest absolute Gasteiger partial charge is 0.337 e.